The summed E-state index contributed by atoms with van der Waals surface area (Å²) in [6.45, 7) is 2.25. The first-order valence-electron chi connectivity index (χ1n) is 6.82. The lowest BCUT2D eigenvalue weighted by atomic mass is 10.1. The van der Waals surface area contributed by atoms with Crippen LogP contribution in [0.4, 0.5) is 11.4 Å². The summed E-state index contributed by atoms with van der Waals surface area (Å²) in [6.07, 6.45) is 5.89. The van der Waals surface area contributed by atoms with Crippen molar-refractivity contribution in [2.24, 2.45) is 0 Å². The summed E-state index contributed by atoms with van der Waals surface area (Å²) < 4.78 is 0. The highest BCUT2D eigenvalue weighted by Crippen LogP contribution is 2.39. The topological polar surface area (TPSA) is 28.2 Å². The number of nitrogens with one attached hydrogen (secondary N) is 1. The van der Waals surface area contributed by atoms with Crippen LogP contribution < -0.4 is 10.2 Å². The van der Waals surface area contributed by atoms with E-state index in [4.69, 9.17) is 0 Å². The van der Waals surface area contributed by atoms with E-state index in [0.717, 1.165) is 12.1 Å². The van der Waals surface area contributed by atoms with Gasteiger partial charge in [0.05, 0.1) is 23.1 Å². The van der Waals surface area contributed by atoms with Gasteiger partial charge < -0.3 is 10.2 Å². The van der Waals surface area contributed by atoms with Crippen LogP contribution in [0.25, 0.3) is 10.9 Å². The average molecular weight is 239 g/mol. The van der Waals surface area contributed by atoms with Gasteiger partial charge >= 0.3 is 0 Å². The Bertz CT molecular complexity index is 593. The number of nitrogens with zero attached hydrogens (tertiary/aromatic N) is 2. The first-order valence-corrected chi connectivity index (χ1v) is 6.82. The van der Waals surface area contributed by atoms with Crippen LogP contribution in [0.5, 0.6) is 0 Å². The van der Waals surface area contributed by atoms with Gasteiger partial charge in [-0.25, -0.2) is 0 Å². The largest absolute Gasteiger partial charge is 0.382 e. The smallest absolute Gasteiger partial charge is 0.0771 e. The second-order valence-electron chi connectivity index (χ2n) is 5.24. The zero-order chi connectivity index (χ0) is 11.9. The van der Waals surface area contributed by atoms with Crippen LogP contribution in [0.15, 0.2) is 30.5 Å². The molecule has 2 aromatic rings. The molecule has 3 nitrogen and oxygen atoms in total. The van der Waals surface area contributed by atoms with Crippen LogP contribution in [0.1, 0.15) is 19.3 Å². The minimum absolute atomic E-state index is 0.713. The molecule has 3 heterocycles. The fourth-order valence-electron chi connectivity index (χ4n) is 3.37. The number of anilines is 2. The van der Waals surface area contributed by atoms with Gasteiger partial charge in [-0.1, -0.05) is 18.2 Å². The molecule has 3 heteroatoms. The third-order valence-corrected chi connectivity index (χ3v) is 4.20. The van der Waals surface area contributed by atoms with Crippen molar-refractivity contribution in [3.05, 3.63) is 30.5 Å². The molecule has 1 atom stereocenters. The number of para-hydroxylation sites is 1. The minimum atomic E-state index is 0.713. The van der Waals surface area contributed by atoms with Crippen LogP contribution in [0.3, 0.4) is 0 Å². The number of rotatable bonds is 0. The number of pyridine rings is 1. The lowest BCUT2D eigenvalue weighted by Gasteiger charge is -2.26. The lowest BCUT2D eigenvalue weighted by Crippen LogP contribution is -2.28. The van der Waals surface area contributed by atoms with Crippen LogP contribution in [0.2, 0.25) is 0 Å². The molecule has 1 aromatic heterocycles. The van der Waals surface area contributed by atoms with Gasteiger partial charge in [0.15, 0.2) is 0 Å². The number of aromatic nitrogens is 1. The van der Waals surface area contributed by atoms with E-state index >= 15 is 0 Å². The molecule has 0 saturated carbocycles. The Kier molecular flexibility index (Phi) is 2.19. The Hall–Kier alpha value is -1.77. The van der Waals surface area contributed by atoms with Crippen molar-refractivity contribution >= 4 is 22.3 Å². The number of hydrogen-bond acceptors (Lipinski definition) is 3. The van der Waals surface area contributed by atoms with Crippen LogP contribution in [-0.4, -0.2) is 24.1 Å². The number of fused-ring (bicyclic) bond motifs is 5. The molecule has 0 spiro atoms. The van der Waals surface area contributed by atoms with Crippen molar-refractivity contribution in [1.82, 2.24) is 4.98 Å². The monoisotopic (exact) mass is 239 g/mol. The van der Waals surface area contributed by atoms with E-state index in [1.165, 1.54) is 42.6 Å². The van der Waals surface area contributed by atoms with Crippen molar-refractivity contribution in [3.63, 3.8) is 0 Å². The molecule has 1 N–H and O–H groups in total. The Morgan fingerprint density at radius 2 is 2.17 bits per heavy atom. The molecule has 1 aromatic carbocycles. The highest BCUT2D eigenvalue weighted by Gasteiger charge is 2.29. The maximum Gasteiger partial charge on any atom is 0.0771 e. The molecular weight excluding hydrogens is 222 g/mol. The molecule has 1 saturated heterocycles. The van der Waals surface area contributed by atoms with Gasteiger partial charge in [-0.3, -0.25) is 4.98 Å². The molecule has 2 aliphatic rings. The third kappa shape index (κ3) is 1.40. The SMILES string of the molecule is c1ccc2c3c(cnc2c1)NCCC1CCCN31. The van der Waals surface area contributed by atoms with Gasteiger partial charge in [-0.15, -0.1) is 0 Å². The van der Waals surface area contributed by atoms with E-state index in [1.54, 1.807) is 0 Å². The summed E-state index contributed by atoms with van der Waals surface area (Å²) in [4.78, 5) is 7.16. The highest BCUT2D eigenvalue weighted by molar-refractivity contribution is 5.98. The summed E-state index contributed by atoms with van der Waals surface area (Å²) in [5, 5.41) is 4.83. The van der Waals surface area contributed by atoms with Crippen LogP contribution in [0, 0.1) is 0 Å². The molecule has 4 rings (SSSR count). The second-order valence-corrected chi connectivity index (χ2v) is 5.24. The van der Waals surface area contributed by atoms with Crippen molar-refractivity contribution in [2.45, 2.75) is 25.3 Å². The summed E-state index contributed by atoms with van der Waals surface area (Å²) in [6, 6.07) is 9.19. The summed E-state index contributed by atoms with van der Waals surface area (Å²) >= 11 is 0. The first kappa shape index (κ1) is 10.2. The van der Waals surface area contributed by atoms with E-state index < -0.39 is 0 Å². The van der Waals surface area contributed by atoms with Gasteiger partial charge in [0.2, 0.25) is 0 Å². The van der Waals surface area contributed by atoms with Gasteiger partial charge in [-0.05, 0) is 25.3 Å². The van der Waals surface area contributed by atoms with E-state index in [0.29, 0.717) is 6.04 Å². The number of hydrogen-bond donors (Lipinski definition) is 1. The second kappa shape index (κ2) is 3.87. The minimum Gasteiger partial charge on any atom is -0.382 e. The van der Waals surface area contributed by atoms with Gasteiger partial charge in [0, 0.05) is 24.5 Å². The maximum atomic E-state index is 4.56. The summed E-state index contributed by atoms with van der Waals surface area (Å²) in [5.41, 5.74) is 3.68. The van der Waals surface area contributed by atoms with Crippen molar-refractivity contribution < 1.29 is 0 Å². The zero-order valence-corrected chi connectivity index (χ0v) is 10.4. The van der Waals surface area contributed by atoms with Crippen LogP contribution >= 0.6 is 0 Å². The van der Waals surface area contributed by atoms with E-state index in [1.807, 2.05) is 6.20 Å². The van der Waals surface area contributed by atoms with E-state index in [9.17, 15) is 0 Å². The van der Waals surface area contributed by atoms with Crippen LogP contribution in [-0.2, 0) is 0 Å². The molecule has 1 fully saturated rings. The lowest BCUT2D eigenvalue weighted by molar-refractivity contribution is 0.639. The Morgan fingerprint density at radius 3 is 3.17 bits per heavy atom. The molecule has 0 amide bonds. The van der Waals surface area contributed by atoms with E-state index in [-0.39, 0.29) is 0 Å². The molecule has 1 unspecified atom stereocenters. The van der Waals surface area contributed by atoms with E-state index in [2.05, 4.69) is 39.5 Å². The third-order valence-electron chi connectivity index (χ3n) is 4.20. The summed E-state index contributed by atoms with van der Waals surface area (Å²) in [7, 11) is 0. The average Bonchev–Trinajstić information content (AvgIpc) is 2.79. The molecule has 2 aliphatic heterocycles. The Morgan fingerprint density at radius 1 is 1.22 bits per heavy atom. The molecule has 92 valence electrons. The van der Waals surface area contributed by atoms with Crippen molar-refractivity contribution in [1.29, 1.82) is 0 Å². The predicted molar refractivity (Wildman–Crippen MR) is 75.2 cm³/mol. The van der Waals surface area contributed by atoms with Crippen molar-refractivity contribution in [2.75, 3.05) is 23.3 Å². The fourth-order valence-corrected chi connectivity index (χ4v) is 3.37. The Balaban J connectivity index is 1.99. The van der Waals surface area contributed by atoms with Gasteiger partial charge in [0.25, 0.3) is 0 Å². The molecule has 0 bridgehead atoms. The quantitative estimate of drug-likeness (QED) is 0.766. The predicted octanol–water partition coefficient (Wildman–Crippen LogP) is 3.02. The van der Waals surface area contributed by atoms with Crippen molar-refractivity contribution in [3.8, 4) is 0 Å². The number of benzene rings is 1. The summed E-state index contributed by atoms with van der Waals surface area (Å²) in [5.74, 6) is 0. The molecule has 18 heavy (non-hydrogen) atoms. The molecule has 0 aliphatic carbocycles. The normalized spacial score (nSPS) is 22.2. The molecular formula is C15H17N3. The highest BCUT2D eigenvalue weighted by atomic mass is 15.2. The van der Waals surface area contributed by atoms with Gasteiger partial charge in [0.1, 0.15) is 0 Å². The maximum absolute atomic E-state index is 4.56. The first-order chi connectivity index (χ1) is 8.93. The zero-order valence-electron chi connectivity index (χ0n) is 10.4. The standard InChI is InChI=1S/C15H17N3/c1-2-6-13-12(5-1)15-14(10-17-13)16-8-7-11-4-3-9-18(11)15/h1-2,5-6,10-11,16H,3-4,7-9H2. The fraction of sp³-hybridized carbons (Fsp3) is 0.400. The molecule has 0 radical (unpaired) electrons. The van der Waals surface area contributed by atoms with Gasteiger partial charge in [-0.2, -0.15) is 0 Å². The Labute approximate surface area is 107 Å².